The van der Waals surface area contributed by atoms with E-state index in [9.17, 15) is 0 Å². The number of nitrogens with zero attached hydrogens (tertiary/aromatic N) is 6. The van der Waals surface area contributed by atoms with E-state index in [-0.39, 0.29) is 6.10 Å². The molecule has 0 saturated carbocycles. The Balaban J connectivity index is 1.38. The molecule has 0 aliphatic carbocycles. The molecule has 136 valence electrons. The molecule has 0 N–H and O–H groups in total. The molecule has 1 unspecified atom stereocenters. The minimum absolute atomic E-state index is 0.0890. The van der Waals surface area contributed by atoms with Gasteiger partial charge < -0.3 is 14.0 Å². The molecule has 1 aliphatic heterocycles. The van der Waals surface area contributed by atoms with E-state index in [4.69, 9.17) is 14.0 Å². The van der Waals surface area contributed by atoms with Gasteiger partial charge in [0.15, 0.2) is 0 Å². The van der Waals surface area contributed by atoms with Crippen LogP contribution in [-0.2, 0) is 4.74 Å². The molecule has 3 aromatic heterocycles. The molecule has 27 heavy (non-hydrogen) atoms. The molecular weight excluding hydrogens is 348 g/mol. The SMILES string of the molecule is Cc1cc(Oc2ccc(-c3noc(C4CCCO4)n3)cc2)n2ncnc2n1. The Hall–Kier alpha value is -3.33. The fourth-order valence-electron chi connectivity index (χ4n) is 3.02. The van der Waals surface area contributed by atoms with Crippen molar-refractivity contribution in [3.8, 4) is 23.0 Å². The zero-order valence-corrected chi connectivity index (χ0v) is 14.6. The van der Waals surface area contributed by atoms with Gasteiger partial charge in [-0.25, -0.2) is 4.98 Å². The third-order valence-electron chi connectivity index (χ3n) is 4.33. The average Bonchev–Trinajstić information content (AvgIpc) is 3.42. The number of benzene rings is 1. The first-order chi connectivity index (χ1) is 13.3. The van der Waals surface area contributed by atoms with Crippen molar-refractivity contribution in [1.29, 1.82) is 0 Å². The van der Waals surface area contributed by atoms with E-state index < -0.39 is 0 Å². The van der Waals surface area contributed by atoms with E-state index in [1.807, 2.05) is 37.3 Å². The van der Waals surface area contributed by atoms with Crippen molar-refractivity contribution in [1.82, 2.24) is 29.7 Å². The van der Waals surface area contributed by atoms with E-state index >= 15 is 0 Å². The molecule has 1 aliphatic rings. The maximum Gasteiger partial charge on any atom is 0.256 e. The zero-order valence-electron chi connectivity index (χ0n) is 14.6. The van der Waals surface area contributed by atoms with Gasteiger partial charge in [0.05, 0.1) is 0 Å². The third kappa shape index (κ3) is 3.02. The molecule has 1 saturated heterocycles. The number of fused-ring (bicyclic) bond motifs is 1. The lowest BCUT2D eigenvalue weighted by Crippen LogP contribution is -1.99. The van der Waals surface area contributed by atoms with Gasteiger partial charge in [0.25, 0.3) is 11.7 Å². The number of hydrogen-bond donors (Lipinski definition) is 0. The molecule has 1 fully saturated rings. The van der Waals surface area contributed by atoms with Crippen molar-refractivity contribution in [3.63, 3.8) is 0 Å². The summed E-state index contributed by atoms with van der Waals surface area (Å²) in [7, 11) is 0. The molecular formula is C18H16N6O3. The van der Waals surface area contributed by atoms with E-state index in [0.29, 0.717) is 29.1 Å². The van der Waals surface area contributed by atoms with Gasteiger partial charge in [0.2, 0.25) is 11.7 Å². The maximum absolute atomic E-state index is 5.94. The first kappa shape index (κ1) is 15.9. The highest BCUT2D eigenvalue weighted by Gasteiger charge is 2.24. The second-order valence-corrected chi connectivity index (χ2v) is 6.29. The summed E-state index contributed by atoms with van der Waals surface area (Å²) in [6, 6.07) is 9.26. The Bertz CT molecular complexity index is 1080. The summed E-state index contributed by atoms with van der Waals surface area (Å²) < 4.78 is 18.4. The average molecular weight is 364 g/mol. The number of aromatic nitrogens is 6. The smallest absolute Gasteiger partial charge is 0.256 e. The van der Waals surface area contributed by atoms with Crippen LogP contribution in [0.1, 0.15) is 30.5 Å². The van der Waals surface area contributed by atoms with E-state index in [1.165, 1.54) is 6.33 Å². The molecule has 4 heterocycles. The van der Waals surface area contributed by atoms with Gasteiger partial charge in [0.1, 0.15) is 18.2 Å². The predicted molar refractivity (Wildman–Crippen MR) is 93.3 cm³/mol. The van der Waals surface area contributed by atoms with Crippen molar-refractivity contribution in [3.05, 3.63) is 48.2 Å². The quantitative estimate of drug-likeness (QED) is 0.544. The highest BCUT2D eigenvalue weighted by molar-refractivity contribution is 5.55. The normalized spacial score (nSPS) is 16.9. The highest BCUT2D eigenvalue weighted by Crippen LogP contribution is 2.29. The van der Waals surface area contributed by atoms with Crippen molar-refractivity contribution in [2.45, 2.75) is 25.9 Å². The van der Waals surface area contributed by atoms with Crippen LogP contribution >= 0.6 is 0 Å². The van der Waals surface area contributed by atoms with Crippen LogP contribution in [0.5, 0.6) is 11.6 Å². The van der Waals surface area contributed by atoms with Crippen molar-refractivity contribution in [2.24, 2.45) is 0 Å². The Morgan fingerprint density at radius 3 is 2.89 bits per heavy atom. The molecule has 5 rings (SSSR count). The first-order valence-corrected chi connectivity index (χ1v) is 8.67. The zero-order chi connectivity index (χ0) is 18.2. The Kier molecular flexibility index (Phi) is 3.79. The van der Waals surface area contributed by atoms with E-state index in [0.717, 1.165) is 30.7 Å². The minimum atomic E-state index is -0.0890. The second-order valence-electron chi connectivity index (χ2n) is 6.29. The standard InChI is InChI=1S/C18H16N6O3/c1-11-9-15(24-18(21-11)19-10-20-24)26-13-6-4-12(5-7-13)16-22-17(27-23-16)14-3-2-8-25-14/h4-7,9-10,14H,2-3,8H2,1H3. The lowest BCUT2D eigenvalue weighted by molar-refractivity contribution is 0.0835. The molecule has 1 aromatic carbocycles. The maximum atomic E-state index is 5.94. The number of ether oxygens (including phenoxy) is 2. The van der Waals surface area contributed by atoms with Crippen LogP contribution in [0.25, 0.3) is 17.2 Å². The molecule has 0 radical (unpaired) electrons. The molecule has 4 aromatic rings. The summed E-state index contributed by atoms with van der Waals surface area (Å²) in [5.41, 5.74) is 1.64. The number of rotatable bonds is 4. The monoisotopic (exact) mass is 364 g/mol. The summed E-state index contributed by atoms with van der Waals surface area (Å²) >= 11 is 0. The van der Waals surface area contributed by atoms with Crippen LogP contribution < -0.4 is 4.74 Å². The summed E-state index contributed by atoms with van der Waals surface area (Å²) in [5.74, 6) is 2.76. The summed E-state index contributed by atoms with van der Waals surface area (Å²) in [4.78, 5) is 12.8. The topological polar surface area (TPSA) is 100 Å². The highest BCUT2D eigenvalue weighted by atomic mass is 16.5. The number of hydrogen-bond acceptors (Lipinski definition) is 8. The van der Waals surface area contributed by atoms with Crippen molar-refractivity contribution >= 4 is 5.78 Å². The van der Waals surface area contributed by atoms with Crippen LogP contribution in [0.2, 0.25) is 0 Å². The fourth-order valence-corrected chi connectivity index (χ4v) is 3.02. The lowest BCUT2D eigenvalue weighted by Gasteiger charge is -2.07. The van der Waals surface area contributed by atoms with Crippen molar-refractivity contribution < 1.29 is 14.0 Å². The van der Waals surface area contributed by atoms with Gasteiger partial charge >= 0.3 is 0 Å². The Labute approximate surface area is 154 Å². The van der Waals surface area contributed by atoms with Crippen LogP contribution in [0, 0.1) is 6.92 Å². The first-order valence-electron chi connectivity index (χ1n) is 8.67. The molecule has 0 spiro atoms. The van der Waals surface area contributed by atoms with Crippen LogP contribution in [0.15, 0.2) is 41.2 Å². The van der Waals surface area contributed by atoms with Gasteiger partial charge in [0, 0.05) is 23.9 Å². The number of aryl methyl sites for hydroxylation is 1. The van der Waals surface area contributed by atoms with Crippen LogP contribution in [-0.4, -0.2) is 36.3 Å². The van der Waals surface area contributed by atoms with Crippen LogP contribution in [0.4, 0.5) is 0 Å². The van der Waals surface area contributed by atoms with E-state index in [2.05, 4.69) is 25.2 Å². The van der Waals surface area contributed by atoms with Gasteiger partial charge in [-0.05, 0) is 44.0 Å². The van der Waals surface area contributed by atoms with E-state index in [1.54, 1.807) is 4.52 Å². The van der Waals surface area contributed by atoms with Gasteiger partial charge in [-0.2, -0.15) is 19.6 Å². The predicted octanol–water partition coefficient (Wildman–Crippen LogP) is 3.13. The Morgan fingerprint density at radius 2 is 2.07 bits per heavy atom. The van der Waals surface area contributed by atoms with Gasteiger partial charge in [-0.1, -0.05) is 5.16 Å². The Morgan fingerprint density at radius 1 is 1.19 bits per heavy atom. The molecule has 0 amide bonds. The molecule has 0 bridgehead atoms. The summed E-state index contributed by atoms with van der Waals surface area (Å²) in [5, 5.41) is 8.19. The van der Waals surface area contributed by atoms with Gasteiger partial charge in [-0.15, -0.1) is 0 Å². The van der Waals surface area contributed by atoms with Crippen molar-refractivity contribution in [2.75, 3.05) is 6.61 Å². The van der Waals surface area contributed by atoms with Crippen LogP contribution in [0.3, 0.4) is 0 Å². The largest absolute Gasteiger partial charge is 0.439 e. The lowest BCUT2D eigenvalue weighted by atomic mass is 10.2. The fraction of sp³-hybridized carbons (Fsp3) is 0.278. The summed E-state index contributed by atoms with van der Waals surface area (Å²) in [6.45, 7) is 2.62. The molecule has 9 nitrogen and oxygen atoms in total. The minimum Gasteiger partial charge on any atom is -0.439 e. The van der Waals surface area contributed by atoms with Gasteiger partial charge in [-0.3, -0.25) is 0 Å². The second kappa shape index (κ2) is 6.44. The molecule has 9 heteroatoms. The summed E-state index contributed by atoms with van der Waals surface area (Å²) in [6.07, 6.45) is 3.28. The molecule has 1 atom stereocenters. The third-order valence-corrected chi connectivity index (χ3v) is 4.33.